The number of aromatic nitrogens is 2. The van der Waals surface area contributed by atoms with E-state index in [0.29, 0.717) is 28.3 Å². The van der Waals surface area contributed by atoms with Gasteiger partial charge >= 0.3 is 12.1 Å². The van der Waals surface area contributed by atoms with Crippen molar-refractivity contribution in [2.75, 3.05) is 25.1 Å². The molecular formula is C31H29FN4O5. The normalized spacial score (nSPS) is 14.1. The number of fused-ring (bicyclic) bond motifs is 3. The minimum absolute atomic E-state index is 0.144. The van der Waals surface area contributed by atoms with Gasteiger partial charge in [-0.2, -0.15) is 0 Å². The fourth-order valence-electron chi connectivity index (χ4n) is 4.98. The highest BCUT2D eigenvalue weighted by molar-refractivity contribution is 6.18. The van der Waals surface area contributed by atoms with E-state index < -0.39 is 23.3 Å². The van der Waals surface area contributed by atoms with Crippen molar-refractivity contribution in [2.24, 2.45) is 0 Å². The molecule has 0 atom stereocenters. The average Bonchev–Trinajstić information content (AvgIpc) is 3.29. The summed E-state index contributed by atoms with van der Waals surface area (Å²) in [4.78, 5) is 49.7. The smallest absolute Gasteiger partial charge is 0.420 e. The van der Waals surface area contributed by atoms with E-state index in [1.165, 1.54) is 40.3 Å². The van der Waals surface area contributed by atoms with Crippen molar-refractivity contribution in [3.63, 3.8) is 0 Å². The zero-order chi connectivity index (χ0) is 29.3. The molecule has 0 aliphatic carbocycles. The maximum absolute atomic E-state index is 13.5. The number of carbonyl (C=O) groups excluding carboxylic acids is 3. The number of hydrogen-bond donors (Lipinski definition) is 1. The number of ether oxygens (including phenoxy) is 2. The average molecular weight is 557 g/mol. The van der Waals surface area contributed by atoms with E-state index in [1.54, 1.807) is 50.5 Å². The number of aromatic amines is 1. The molecule has 0 saturated heterocycles. The fourth-order valence-corrected chi connectivity index (χ4v) is 4.98. The van der Waals surface area contributed by atoms with Crippen LogP contribution in [0.4, 0.5) is 15.0 Å². The molecule has 1 N–H and O–H groups in total. The number of H-pyrrole nitrogens is 1. The first-order chi connectivity index (χ1) is 19.6. The van der Waals surface area contributed by atoms with Gasteiger partial charge < -0.3 is 19.4 Å². The Morgan fingerprint density at radius 3 is 2.54 bits per heavy atom. The second-order valence-corrected chi connectivity index (χ2v) is 10.3. The molecule has 0 bridgehead atoms. The molecule has 5 rings (SSSR count). The van der Waals surface area contributed by atoms with Gasteiger partial charge in [-0.3, -0.25) is 9.69 Å². The van der Waals surface area contributed by atoms with Crippen LogP contribution in [0.5, 0.6) is 5.75 Å². The molecule has 2 aromatic heterocycles. The van der Waals surface area contributed by atoms with Crippen molar-refractivity contribution < 1.29 is 28.2 Å². The molecular weight excluding hydrogens is 527 g/mol. The summed E-state index contributed by atoms with van der Waals surface area (Å²) < 4.78 is 24.5. The van der Waals surface area contributed by atoms with Gasteiger partial charge in [0.1, 0.15) is 17.4 Å². The lowest BCUT2D eigenvalue weighted by Crippen LogP contribution is -2.37. The number of anilines is 1. The quantitative estimate of drug-likeness (QED) is 0.318. The zero-order valence-electron chi connectivity index (χ0n) is 23.1. The highest BCUT2D eigenvalue weighted by atomic mass is 19.1. The molecule has 3 heterocycles. The maximum atomic E-state index is 13.5. The number of benzene rings is 2. The fraction of sp³-hybridized carbons (Fsp3) is 0.226. The molecule has 1 aliphatic rings. The van der Waals surface area contributed by atoms with E-state index in [-0.39, 0.29) is 24.6 Å². The van der Waals surface area contributed by atoms with Gasteiger partial charge in [0.15, 0.2) is 0 Å². The van der Waals surface area contributed by atoms with Gasteiger partial charge in [-0.1, -0.05) is 19.9 Å². The third kappa shape index (κ3) is 5.41. The highest BCUT2D eigenvalue weighted by Crippen LogP contribution is 2.41. The van der Waals surface area contributed by atoms with Gasteiger partial charge in [0, 0.05) is 53.9 Å². The molecule has 0 unspecified atom stereocenters. The van der Waals surface area contributed by atoms with Crippen LogP contribution in [0.15, 0.2) is 73.1 Å². The summed E-state index contributed by atoms with van der Waals surface area (Å²) in [6.07, 6.45) is 2.45. The van der Waals surface area contributed by atoms with Crippen LogP contribution in [0.1, 0.15) is 42.4 Å². The number of carbonyl (C=O) groups is 3. The van der Waals surface area contributed by atoms with Crippen molar-refractivity contribution in [3.05, 3.63) is 95.7 Å². The molecule has 2 aromatic carbocycles. The molecule has 0 fully saturated rings. The van der Waals surface area contributed by atoms with E-state index in [4.69, 9.17) is 9.47 Å². The second-order valence-electron chi connectivity index (χ2n) is 10.3. The lowest BCUT2D eigenvalue weighted by atomic mass is 9.81. The Labute approximate surface area is 236 Å². The topological polar surface area (TPSA) is 105 Å². The van der Waals surface area contributed by atoms with Gasteiger partial charge in [-0.25, -0.2) is 19.0 Å². The van der Waals surface area contributed by atoms with E-state index in [2.05, 4.69) is 9.97 Å². The van der Waals surface area contributed by atoms with Gasteiger partial charge in [0.05, 0.1) is 17.9 Å². The standard InChI is InChI=1S/C31H29FN4O5/c1-5-40-29(38)23-17-36(28(37)19-9-11-20(32)12-10-19)18-31(2,3)26-22-14-13-21(16-24(22)34-27(23)26)41-30(39)35(4)25-8-6-7-15-33-25/h6-17,34H,5,18H2,1-4H3. The van der Waals surface area contributed by atoms with Crippen molar-refractivity contribution in [1.29, 1.82) is 0 Å². The molecule has 9 nitrogen and oxygen atoms in total. The van der Waals surface area contributed by atoms with Gasteiger partial charge in [0.2, 0.25) is 0 Å². The first kappa shape index (κ1) is 27.6. The summed E-state index contributed by atoms with van der Waals surface area (Å²) in [6.45, 7) is 6.03. The summed E-state index contributed by atoms with van der Waals surface area (Å²) in [6, 6.07) is 15.7. The minimum Gasteiger partial charge on any atom is -0.462 e. The predicted molar refractivity (Wildman–Crippen MR) is 152 cm³/mol. The predicted octanol–water partition coefficient (Wildman–Crippen LogP) is 5.67. The third-order valence-electron chi connectivity index (χ3n) is 6.89. The Kier molecular flexibility index (Phi) is 7.32. The Morgan fingerprint density at radius 2 is 1.85 bits per heavy atom. The van der Waals surface area contributed by atoms with Crippen molar-refractivity contribution in [2.45, 2.75) is 26.2 Å². The van der Waals surface area contributed by atoms with Gasteiger partial charge in [-0.15, -0.1) is 0 Å². The zero-order valence-corrected chi connectivity index (χ0v) is 23.1. The Balaban J connectivity index is 1.54. The van der Waals surface area contributed by atoms with E-state index >= 15 is 0 Å². The minimum atomic E-state index is -0.634. The lowest BCUT2D eigenvalue weighted by molar-refractivity contribution is -0.136. The molecule has 41 heavy (non-hydrogen) atoms. The third-order valence-corrected chi connectivity index (χ3v) is 6.89. The lowest BCUT2D eigenvalue weighted by Gasteiger charge is -2.29. The first-order valence-electron chi connectivity index (χ1n) is 13.1. The summed E-state index contributed by atoms with van der Waals surface area (Å²) in [5.74, 6) is -0.681. The summed E-state index contributed by atoms with van der Waals surface area (Å²) in [5.41, 5.74) is 1.79. The Morgan fingerprint density at radius 1 is 1.10 bits per heavy atom. The SMILES string of the molecule is CCOC(=O)C1=CN(C(=O)c2ccc(F)cc2)CC(C)(C)c2c1[nH]c1cc(OC(=O)N(C)c3ccccn3)ccc21. The second kappa shape index (κ2) is 10.9. The molecule has 0 spiro atoms. The molecule has 0 saturated carbocycles. The van der Waals surface area contributed by atoms with E-state index in [9.17, 15) is 18.8 Å². The number of pyridine rings is 1. The number of hydrogen-bond acceptors (Lipinski definition) is 6. The molecule has 210 valence electrons. The molecule has 0 radical (unpaired) electrons. The molecule has 1 aliphatic heterocycles. The van der Waals surface area contributed by atoms with E-state index in [0.717, 1.165) is 10.9 Å². The highest BCUT2D eigenvalue weighted by Gasteiger charge is 2.37. The van der Waals surface area contributed by atoms with Crippen LogP contribution in [0.25, 0.3) is 16.5 Å². The first-order valence-corrected chi connectivity index (χ1v) is 13.1. The van der Waals surface area contributed by atoms with Crippen LogP contribution in [-0.2, 0) is 14.9 Å². The maximum Gasteiger partial charge on any atom is 0.420 e. The molecule has 2 amide bonds. The summed E-state index contributed by atoms with van der Waals surface area (Å²) >= 11 is 0. The van der Waals surface area contributed by atoms with E-state index in [1.807, 2.05) is 19.9 Å². The molecule has 4 aromatic rings. The monoisotopic (exact) mass is 556 g/mol. The van der Waals surface area contributed by atoms with Crippen LogP contribution >= 0.6 is 0 Å². The Bertz CT molecular complexity index is 1660. The van der Waals surface area contributed by atoms with Gasteiger partial charge in [-0.05, 0) is 61.0 Å². The molecule has 10 heteroatoms. The number of nitrogens with one attached hydrogen (secondary N) is 1. The van der Waals surface area contributed by atoms with Crippen LogP contribution in [0.3, 0.4) is 0 Å². The van der Waals surface area contributed by atoms with Crippen LogP contribution < -0.4 is 9.64 Å². The van der Waals surface area contributed by atoms with Gasteiger partial charge in [0.25, 0.3) is 5.91 Å². The van der Waals surface area contributed by atoms with Crippen LogP contribution in [0.2, 0.25) is 0 Å². The van der Waals surface area contributed by atoms with Crippen molar-refractivity contribution >= 4 is 40.3 Å². The summed E-state index contributed by atoms with van der Waals surface area (Å²) in [7, 11) is 1.57. The Hall–Kier alpha value is -4.99. The number of amides is 2. The number of rotatable bonds is 5. The largest absolute Gasteiger partial charge is 0.462 e. The number of halogens is 1. The summed E-state index contributed by atoms with van der Waals surface area (Å²) in [5, 5.41) is 0.800. The number of nitrogens with zero attached hydrogens (tertiary/aromatic N) is 3. The van der Waals surface area contributed by atoms with Crippen LogP contribution in [-0.4, -0.2) is 53.0 Å². The van der Waals surface area contributed by atoms with Crippen molar-refractivity contribution in [3.8, 4) is 5.75 Å². The number of esters is 1. The van der Waals surface area contributed by atoms with Crippen molar-refractivity contribution in [1.82, 2.24) is 14.9 Å². The van der Waals surface area contributed by atoms with Crippen LogP contribution in [0, 0.1) is 5.82 Å².